The van der Waals surface area contributed by atoms with E-state index in [0.717, 1.165) is 32.8 Å². The van der Waals surface area contributed by atoms with Gasteiger partial charge in [-0.05, 0) is 26.3 Å². The predicted octanol–water partition coefficient (Wildman–Crippen LogP) is 0.130. The van der Waals surface area contributed by atoms with Crippen LogP contribution in [-0.2, 0) is 4.74 Å². The normalized spacial score (nSPS) is 33.4. The number of ether oxygens (including phenoxy) is 1. The first-order valence-electron chi connectivity index (χ1n) is 6.54. The number of rotatable bonds is 4. The molecule has 2 rings (SSSR count). The molecule has 2 N–H and O–H groups in total. The number of hydrogen-bond acceptors (Lipinski definition) is 4. The molecular weight excluding hydrogens is 202 g/mol. The zero-order valence-electron chi connectivity index (χ0n) is 10.4. The van der Waals surface area contributed by atoms with Crippen LogP contribution in [0.15, 0.2) is 0 Å². The van der Waals surface area contributed by atoms with E-state index in [0.29, 0.717) is 12.1 Å². The van der Waals surface area contributed by atoms with Crippen LogP contribution in [0.2, 0.25) is 0 Å². The van der Waals surface area contributed by atoms with E-state index in [-0.39, 0.29) is 0 Å². The number of nitrogens with two attached hydrogens (primary N) is 1. The van der Waals surface area contributed by atoms with E-state index in [1.54, 1.807) is 0 Å². The summed E-state index contributed by atoms with van der Waals surface area (Å²) in [5, 5.41) is 0. The quantitative estimate of drug-likeness (QED) is 0.741. The Bertz CT molecular complexity index is 206. The van der Waals surface area contributed by atoms with Gasteiger partial charge in [-0.15, -0.1) is 0 Å². The molecule has 0 aromatic rings. The Hall–Kier alpha value is -0.160. The second-order valence-electron chi connectivity index (χ2n) is 5.11. The van der Waals surface area contributed by atoms with Crippen molar-refractivity contribution in [3.05, 3.63) is 0 Å². The van der Waals surface area contributed by atoms with Gasteiger partial charge in [0, 0.05) is 45.4 Å². The van der Waals surface area contributed by atoms with Crippen molar-refractivity contribution in [3.63, 3.8) is 0 Å². The highest BCUT2D eigenvalue weighted by atomic mass is 16.5. The minimum absolute atomic E-state index is 0.512. The van der Waals surface area contributed by atoms with E-state index in [9.17, 15) is 0 Å². The van der Waals surface area contributed by atoms with Crippen molar-refractivity contribution < 1.29 is 4.74 Å². The summed E-state index contributed by atoms with van der Waals surface area (Å²) < 4.78 is 5.67. The molecule has 4 heteroatoms. The lowest BCUT2D eigenvalue weighted by Gasteiger charge is -2.39. The van der Waals surface area contributed by atoms with Crippen LogP contribution in [0.1, 0.15) is 19.3 Å². The molecular formula is C12H25N3O. The highest BCUT2D eigenvalue weighted by Gasteiger charge is 2.25. The molecule has 0 aromatic heterocycles. The molecule has 94 valence electrons. The second-order valence-corrected chi connectivity index (χ2v) is 5.11. The molecule has 0 aliphatic carbocycles. The molecule has 2 fully saturated rings. The second kappa shape index (κ2) is 5.96. The molecule has 2 saturated heterocycles. The smallest absolute Gasteiger partial charge is 0.0588 e. The minimum atomic E-state index is 0.512. The zero-order chi connectivity index (χ0) is 11.4. The maximum absolute atomic E-state index is 5.84. The molecule has 4 nitrogen and oxygen atoms in total. The highest BCUT2D eigenvalue weighted by molar-refractivity contribution is 4.82. The minimum Gasteiger partial charge on any atom is -0.378 e. The molecule has 2 heterocycles. The average molecular weight is 227 g/mol. The monoisotopic (exact) mass is 227 g/mol. The molecule has 0 saturated carbocycles. The fourth-order valence-corrected chi connectivity index (χ4v) is 2.75. The fraction of sp³-hybridized carbons (Fsp3) is 1.00. The van der Waals surface area contributed by atoms with E-state index in [1.807, 2.05) is 0 Å². The first-order chi connectivity index (χ1) is 7.79. The summed E-state index contributed by atoms with van der Waals surface area (Å²) in [4.78, 5) is 4.92. The maximum Gasteiger partial charge on any atom is 0.0588 e. The Morgan fingerprint density at radius 1 is 1.38 bits per heavy atom. The van der Waals surface area contributed by atoms with E-state index >= 15 is 0 Å². The van der Waals surface area contributed by atoms with Gasteiger partial charge in [0.05, 0.1) is 6.10 Å². The lowest BCUT2D eigenvalue weighted by atomic mass is 10.1. The van der Waals surface area contributed by atoms with Gasteiger partial charge in [-0.2, -0.15) is 0 Å². The Morgan fingerprint density at radius 2 is 2.25 bits per heavy atom. The zero-order valence-corrected chi connectivity index (χ0v) is 10.4. The molecule has 0 radical (unpaired) electrons. The summed E-state index contributed by atoms with van der Waals surface area (Å²) in [6.07, 6.45) is 4.19. The van der Waals surface area contributed by atoms with Crippen molar-refractivity contribution in [1.82, 2.24) is 9.80 Å². The van der Waals surface area contributed by atoms with Gasteiger partial charge in [-0.1, -0.05) is 0 Å². The molecule has 0 amide bonds. The molecule has 2 aliphatic rings. The van der Waals surface area contributed by atoms with E-state index < -0.39 is 0 Å². The molecule has 2 atom stereocenters. The molecule has 0 bridgehead atoms. The van der Waals surface area contributed by atoms with Crippen LogP contribution >= 0.6 is 0 Å². The van der Waals surface area contributed by atoms with Crippen LogP contribution in [-0.4, -0.2) is 68.3 Å². The molecule has 16 heavy (non-hydrogen) atoms. The Kier molecular flexibility index (Phi) is 4.58. The summed E-state index contributed by atoms with van der Waals surface area (Å²) in [5.41, 5.74) is 5.84. The third-order valence-electron chi connectivity index (χ3n) is 3.84. The topological polar surface area (TPSA) is 41.7 Å². The van der Waals surface area contributed by atoms with E-state index in [1.165, 1.54) is 25.8 Å². The SMILES string of the molecule is CN1CCN(CCC2CCCO2)C(CN)C1. The summed E-state index contributed by atoms with van der Waals surface area (Å²) in [5.74, 6) is 0. The van der Waals surface area contributed by atoms with Gasteiger partial charge in [0.1, 0.15) is 0 Å². The van der Waals surface area contributed by atoms with Crippen LogP contribution < -0.4 is 5.73 Å². The summed E-state index contributed by atoms with van der Waals surface area (Å²) in [6, 6.07) is 0.542. The van der Waals surface area contributed by atoms with Gasteiger partial charge in [0.2, 0.25) is 0 Å². The van der Waals surface area contributed by atoms with Crippen molar-refractivity contribution in [3.8, 4) is 0 Å². The first kappa shape index (κ1) is 12.3. The molecule has 2 aliphatic heterocycles. The standard InChI is InChI=1S/C12H25N3O/c1-14-6-7-15(11(9-13)10-14)5-4-12-3-2-8-16-12/h11-12H,2-10,13H2,1H3. The van der Waals surface area contributed by atoms with Crippen molar-refractivity contribution in [2.24, 2.45) is 5.73 Å². The Morgan fingerprint density at radius 3 is 2.94 bits per heavy atom. The van der Waals surface area contributed by atoms with Crippen LogP contribution in [0, 0.1) is 0 Å². The van der Waals surface area contributed by atoms with Crippen LogP contribution in [0.3, 0.4) is 0 Å². The van der Waals surface area contributed by atoms with E-state index in [4.69, 9.17) is 10.5 Å². The lowest BCUT2D eigenvalue weighted by molar-refractivity contribution is 0.0590. The van der Waals surface area contributed by atoms with Crippen molar-refractivity contribution in [2.75, 3.05) is 46.4 Å². The third kappa shape index (κ3) is 3.17. The number of piperazine rings is 1. The predicted molar refractivity (Wildman–Crippen MR) is 65.5 cm³/mol. The number of nitrogens with zero attached hydrogens (tertiary/aromatic N) is 2. The summed E-state index contributed by atoms with van der Waals surface area (Å²) >= 11 is 0. The van der Waals surface area contributed by atoms with Gasteiger partial charge in [-0.3, -0.25) is 4.90 Å². The van der Waals surface area contributed by atoms with Gasteiger partial charge in [0.15, 0.2) is 0 Å². The fourth-order valence-electron chi connectivity index (χ4n) is 2.75. The Labute approximate surface area is 98.7 Å². The van der Waals surface area contributed by atoms with Crippen LogP contribution in [0.4, 0.5) is 0 Å². The van der Waals surface area contributed by atoms with Crippen molar-refractivity contribution in [2.45, 2.75) is 31.4 Å². The highest BCUT2D eigenvalue weighted by Crippen LogP contribution is 2.17. The molecule has 0 aromatic carbocycles. The van der Waals surface area contributed by atoms with Gasteiger partial charge in [-0.25, -0.2) is 0 Å². The van der Waals surface area contributed by atoms with E-state index in [2.05, 4.69) is 16.8 Å². The first-order valence-corrected chi connectivity index (χ1v) is 6.54. The Balaban J connectivity index is 1.74. The molecule has 2 unspecified atom stereocenters. The third-order valence-corrected chi connectivity index (χ3v) is 3.84. The summed E-state index contributed by atoms with van der Waals surface area (Å²) in [7, 11) is 2.18. The van der Waals surface area contributed by atoms with Crippen molar-refractivity contribution in [1.29, 1.82) is 0 Å². The van der Waals surface area contributed by atoms with Gasteiger partial charge < -0.3 is 15.4 Å². The van der Waals surface area contributed by atoms with Gasteiger partial charge >= 0.3 is 0 Å². The van der Waals surface area contributed by atoms with Crippen LogP contribution in [0.25, 0.3) is 0 Å². The average Bonchev–Trinajstić information content (AvgIpc) is 2.80. The maximum atomic E-state index is 5.84. The van der Waals surface area contributed by atoms with Crippen LogP contribution in [0.5, 0.6) is 0 Å². The molecule has 0 spiro atoms. The lowest BCUT2D eigenvalue weighted by Crippen LogP contribution is -2.55. The largest absolute Gasteiger partial charge is 0.378 e. The summed E-state index contributed by atoms with van der Waals surface area (Å²) in [6.45, 7) is 6.33. The van der Waals surface area contributed by atoms with Crippen molar-refractivity contribution >= 4 is 0 Å². The number of likely N-dealkylation sites (N-methyl/N-ethyl adjacent to an activating group) is 1. The van der Waals surface area contributed by atoms with Gasteiger partial charge in [0.25, 0.3) is 0 Å². The number of hydrogen-bond donors (Lipinski definition) is 1.